The average molecular weight is 363 g/mol. The Morgan fingerprint density at radius 3 is 2.48 bits per heavy atom. The summed E-state index contributed by atoms with van der Waals surface area (Å²) in [6.45, 7) is -0.0945. The number of nitrogens with zero attached hydrogens (tertiary/aromatic N) is 1. The van der Waals surface area contributed by atoms with E-state index < -0.39 is 12.1 Å². The molecule has 2 atom stereocenters. The molecule has 2 saturated carbocycles. The summed E-state index contributed by atoms with van der Waals surface area (Å²) < 4.78 is 5.68. The molecule has 1 heterocycles. The summed E-state index contributed by atoms with van der Waals surface area (Å²) in [5.74, 6) is 0.961. The fraction of sp³-hybridized carbons (Fsp3) is 0.579. The van der Waals surface area contributed by atoms with Crippen LogP contribution in [-0.4, -0.2) is 42.5 Å². The predicted octanol–water partition coefficient (Wildman–Crippen LogP) is 2.54. The van der Waals surface area contributed by atoms with Gasteiger partial charge in [-0.25, -0.2) is 0 Å². The maximum absolute atomic E-state index is 13.2. The van der Waals surface area contributed by atoms with Gasteiger partial charge in [0, 0.05) is 18.1 Å². The Bertz CT molecular complexity index is 675. The Morgan fingerprint density at radius 2 is 1.88 bits per heavy atom. The number of rotatable bonds is 5. The molecule has 1 saturated heterocycles. The van der Waals surface area contributed by atoms with Crippen LogP contribution < -0.4 is 5.32 Å². The maximum Gasteiger partial charge on any atom is 0.254 e. The molecule has 0 radical (unpaired) electrons. The van der Waals surface area contributed by atoms with Gasteiger partial charge in [-0.2, -0.15) is 0 Å². The molecule has 6 heteroatoms. The third-order valence-electron chi connectivity index (χ3n) is 5.50. The molecule has 3 aliphatic rings. The second-order valence-electron chi connectivity index (χ2n) is 7.41. The van der Waals surface area contributed by atoms with E-state index in [4.69, 9.17) is 16.3 Å². The summed E-state index contributed by atoms with van der Waals surface area (Å²) in [5.41, 5.74) is 0.721. The molecule has 2 amide bonds. The van der Waals surface area contributed by atoms with E-state index in [1.165, 1.54) is 25.7 Å². The van der Waals surface area contributed by atoms with Gasteiger partial charge in [0.25, 0.3) is 5.91 Å². The third-order valence-corrected chi connectivity index (χ3v) is 5.85. The highest BCUT2D eigenvalue weighted by atomic mass is 35.5. The highest BCUT2D eigenvalue weighted by molar-refractivity contribution is 6.31. The van der Waals surface area contributed by atoms with Crippen molar-refractivity contribution in [2.24, 2.45) is 11.8 Å². The number of halogens is 1. The molecule has 0 aromatic heterocycles. The predicted molar refractivity (Wildman–Crippen MR) is 94.1 cm³/mol. The SMILES string of the molecule is CN(C(=O)[C@H]1OCC(=O)N[C@@H]1c1ccccc1Cl)C(C1CC1)C1CC1. The van der Waals surface area contributed by atoms with Gasteiger partial charge >= 0.3 is 0 Å². The molecule has 5 nitrogen and oxygen atoms in total. The number of carbonyl (C=O) groups is 2. The van der Waals surface area contributed by atoms with E-state index in [1.54, 1.807) is 6.07 Å². The van der Waals surface area contributed by atoms with Gasteiger partial charge < -0.3 is 15.0 Å². The molecule has 2 aliphatic carbocycles. The molecule has 1 aromatic rings. The highest BCUT2D eigenvalue weighted by Crippen LogP contribution is 2.47. The van der Waals surface area contributed by atoms with E-state index in [9.17, 15) is 9.59 Å². The summed E-state index contributed by atoms with van der Waals surface area (Å²) in [6.07, 6.45) is 4.08. The number of nitrogens with one attached hydrogen (secondary N) is 1. The third kappa shape index (κ3) is 3.40. The molecule has 3 fully saturated rings. The van der Waals surface area contributed by atoms with E-state index in [-0.39, 0.29) is 18.4 Å². The molecule has 4 rings (SSSR count). The van der Waals surface area contributed by atoms with E-state index >= 15 is 0 Å². The Kier molecular flexibility index (Phi) is 4.46. The molecule has 134 valence electrons. The molecule has 0 unspecified atom stereocenters. The van der Waals surface area contributed by atoms with Crippen molar-refractivity contribution in [1.29, 1.82) is 0 Å². The second-order valence-corrected chi connectivity index (χ2v) is 7.82. The van der Waals surface area contributed by atoms with Crippen molar-refractivity contribution in [1.82, 2.24) is 10.2 Å². The van der Waals surface area contributed by atoms with Gasteiger partial charge in [-0.15, -0.1) is 0 Å². The minimum absolute atomic E-state index is 0.0614. The molecule has 1 N–H and O–H groups in total. The normalized spacial score (nSPS) is 26.4. The largest absolute Gasteiger partial charge is 0.356 e. The standard InChI is InChI=1S/C19H23ClN2O3/c1-22(17(11-6-7-11)12-8-9-12)19(24)18-16(21-15(23)10-25-18)13-4-2-3-5-14(13)20/h2-5,11-12,16-18H,6-10H2,1H3,(H,21,23)/t16-,18+/m1/s1. The zero-order chi connectivity index (χ0) is 17.6. The number of hydrogen-bond donors (Lipinski definition) is 1. The van der Waals surface area contributed by atoms with Crippen molar-refractivity contribution >= 4 is 23.4 Å². The summed E-state index contributed by atoms with van der Waals surface area (Å²) in [6, 6.07) is 7.03. The first-order valence-electron chi connectivity index (χ1n) is 8.98. The quantitative estimate of drug-likeness (QED) is 0.875. The van der Waals surface area contributed by atoms with Gasteiger partial charge in [-0.1, -0.05) is 29.8 Å². The number of benzene rings is 1. The minimum atomic E-state index is -0.734. The number of likely N-dealkylation sites (N-methyl/N-ethyl adjacent to an activating group) is 1. The lowest BCUT2D eigenvalue weighted by Gasteiger charge is -2.37. The van der Waals surface area contributed by atoms with Gasteiger partial charge in [0.1, 0.15) is 6.61 Å². The van der Waals surface area contributed by atoms with Crippen LogP contribution >= 0.6 is 11.6 Å². The van der Waals surface area contributed by atoms with Crippen LogP contribution in [0.4, 0.5) is 0 Å². The summed E-state index contributed by atoms with van der Waals surface area (Å²) >= 11 is 6.31. The Hall–Kier alpha value is -1.59. The number of amides is 2. The van der Waals surface area contributed by atoms with Gasteiger partial charge in [-0.3, -0.25) is 9.59 Å². The van der Waals surface area contributed by atoms with E-state index in [0.717, 1.165) is 5.56 Å². The fourth-order valence-electron chi connectivity index (χ4n) is 3.97. The molecular weight excluding hydrogens is 340 g/mol. The first-order valence-corrected chi connectivity index (χ1v) is 9.36. The average Bonchev–Trinajstić information content (AvgIpc) is 3.50. The van der Waals surface area contributed by atoms with Gasteiger partial charge in [0.05, 0.1) is 6.04 Å². The summed E-state index contributed by atoms with van der Waals surface area (Å²) in [7, 11) is 1.88. The van der Waals surface area contributed by atoms with Crippen molar-refractivity contribution in [3.8, 4) is 0 Å². The number of morpholine rings is 1. The summed E-state index contributed by atoms with van der Waals surface area (Å²) in [5, 5.41) is 3.42. The van der Waals surface area contributed by atoms with Crippen LogP contribution in [0.2, 0.25) is 5.02 Å². The molecule has 0 spiro atoms. The second kappa shape index (κ2) is 6.61. The van der Waals surface area contributed by atoms with Gasteiger partial charge in [-0.05, 0) is 49.1 Å². The fourth-order valence-corrected chi connectivity index (χ4v) is 4.23. The van der Waals surface area contributed by atoms with Crippen LogP contribution in [-0.2, 0) is 14.3 Å². The van der Waals surface area contributed by atoms with Crippen molar-refractivity contribution in [2.75, 3.05) is 13.7 Å². The maximum atomic E-state index is 13.2. The van der Waals surface area contributed by atoms with Gasteiger partial charge in [0.15, 0.2) is 6.10 Å². The lowest BCUT2D eigenvalue weighted by atomic mass is 9.97. The van der Waals surface area contributed by atoms with Crippen molar-refractivity contribution in [3.63, 3.8) is 0 Å². The molecule has 25 heavy (non-hydrogen) atoms. The van der Waals surface area contributed by atoms with Crippen LogP contribution in [0.3, 0.4) is 0 Å². The van der Waals surface area contributed by atoms with E-state index in [2.05, 4.69) is 5.32 Å². The van der Waals surface area contributed by atoms with Crippen LogP contribution in [0.1, 0.15) is 37.3 Å². The van der Waals surface area contributed by atoms with Gasteiger partial charge in [0.2, 0.25) is 5.91 Å². The van der Waals surface area contributed by atoms with Crippen molar-refractivity contribution in [2.45, 2.75) is 43.9 Å². The molecule has 0 bridgehead atoms. The first-order chi connectivity index (χ1) is 12.1. The van der Waals surface area contributed by atoms with Crippen LogP contribution in [0.5, 0.6) is 0 Å². The molecule has 1 aromatic carbocycles. The number of carbonyl (C=O) groups excluding carboxylic acids is 2. The topological polar surface area (TPSA) is 58.6 Å². The lowest BCUT2D eigenvalue weighted by molar-refractivity contribution is -0.156. The molecule has 1 aliphatic heterocycles. The highest BCUT2D eigenvalue weighted by Gasteiger charge is 2.47. The first kappa shape index (κ1) is 16.9. The molecular formula is C19H23ClN2O3. The Labute approximate surface area is 152 Å². The van der Waals surface area contributed by atoms with Crippen LogP contribution in [0.25, 0.3) is 0 Å². The minimum Gasteiger partial charge on any atom is -0.356 e. The van der Waals surface area contributed by atoms with Crippen molar-refractivity contribution < 1.29 is 14.3 Å². The van der Waals surface area contributed by atoms with Crippen LogP contribution in [0.15, 0.2) is 24.3 Å². The van der Waals surface area contributed by atoms with Crippen molar-refractivity contribution in [3.05, 3.63) is 34.9 Å². The lowest BCUT2D eigenvalue weighted by Crippen LogP contribution is -2.55. The zero-order valence-corrected chi connectivity index (χ0v) is 15.0. The van der Waals surface area contributed by atoms with E-state index in [0.29, 0.717) is 22.9 Å². The number of hydrogen-bond acceptors (Lipinski definition) is 3. The summed E-state index contributed by atoms with van der Waals surface area (Å²) in [4.78, 5) is 27.0. The zero-order valence-electron chi connectivity index (χ0n) is 14.3. The Balaban J connectivity index is 1.58. The van der Waals surface area contributed by atoms with E-state index in [1.807, 2.05) is 30.1 Å². The van der Waals surface area contributed by atoms with Crippen LogP contribution in [0, 0.1) is 11.8 Å². The number of ether oxygens (including phenoxy) is 1. The Morgan fingerprint density at radius 1 is 1.24 bits per heavy atom. The smallest absolute Gasteiger partial charge is 0.254 e. The monoisotopic (exact) mass is 362 g/mol.